The van der Waals surface area contributed by atoms with Crippen LogP contribution in [-0.4, -0.2) is 32.4 Å². The zero-order valence-corrected chi connectivity index (χ0v) is 14.4. The Morgan fingerprint density at radius 2 is 2.00 bits per heavy atom. The second-order valence-electron chi connectivity index (χ2n) is 4.84. The minimum absolute atomic E-state index is 0. The van der Waals surface area contributed by atoms with E-state index in [1.165, 1.54) is 23.5 Å². The smallest absolute Gasteiger partial charge is 0.244 e. The fourth-order valence-electron chi connectivity index (χ4n) is 2.16. The molecule has 1 aliphatic carbocycles. The molecule has 1 aliphatic rings. The number of nitrogens with zero attached hydrogens (tertiary/aromatic N) is 1. The standard InChI is InChI=1S/C12H15Cl2FN2O2S.ClH/c1-17(9(6-16)7-2-3-7)20(18,19)10-5-4-8(13)12(15)11(10)14;/h4-5,7,9H,2-3,6,16H2,1H3;1H. The topological polar surface area (TPSA) is 63.4 Å². The number of likely N-dealkylation sites (N-methyl/N-ethyl adjacent to an activating group) is 1. The third kappa shape index (κ3) is 3.63. The van der Waals surface area contributed by atoms with Crippen molar-refractivity contribution in [2.75, 3.05) is 13.6 Å². The molecule has 9 heteroatoms. The van der Waals surface area contributed by atoms with Gasteiger partial charge in [-0.15, -0.1) is 12.4 Å². The fourth-order valence-corrected chi connectivity index (χ4v) is 4.30. The van der Waals surface area contributed by atoms with E-state index in [1.807, 2.05) is 0 Å². The quantitative estimate of drug-likeness (QED) is 0.803. The molecule has 1 aromatic rings. The molecule has 4 nitrogen and oxygen atoms in total. The average molecular weight is 378 g/mol. The lowest BCUT2D eigenvalue weighted by molar-refractivity contribution is 0.340. The molecule has 0 amide bonds. The van der Waals surface area contributed by atoms with Crippen molar-refractivity contribution < 1.29 is 12.8 Å². The molecule has 0 aromatic heterocycles. The Morgan fingerprint density at radius 1 is 1.43 bits per heavy atom. The van der Waals surface area contributed by atoms with Gasteiger partial charge in [0.1, 0.15) is 4.90 Å². The van der Waals surface area contributed by atoms with Crippen molar-refractivity contribution >= 4 is 45.6 Å². The van der Waals surface area contributed by atoms with Crippen molar-refractivity contribution in [1.29, 1.82) is 0 Å². The summed E-state index contributed by atoms with van der Waals surface area (Å²) in [6.45, 7) is 0.216. The van der Waals surface area contributed by atoms with Gasteiger partial charge in [-0.2, -0.15) is 4.31 Å². The van der Waals surface area contributed by atoms with Gasteiger partial charge in [0.15, 0.2) is 5.82 Å². The summed E-state index contributed by atoms with van der Waals surface area (Å²) in [6.07, 6.45) is 1.90. The van der Waals surface area contributed by atoms with Crippen LogP contribution in [0.5, 0.6) is 0 Å². The van der Waals surface area contributed by atoms with E-state index in [4.69, 9.17) is 28.9 Å². The van der Waals surface area contributed by atoms with Crippen LogP contribution in [0.2, 0.25) is 10.0 Å². The highest BCUT2D eigenvalue weighted by Gasteiger charge is 2.39. The maximum atomic E-state index is 13.7. The van der Waals surface area contributed by atoms with Crippen molar-refractivity contribution in [1.82, 2.24) is 4.31 Å². The monoisotopic (exact) mass is 376 g/mol. The summed E-state index contributed by atoms with van der Waals surface area (Å²) >= 11 is 11.4. The van der Waals surface area contributed by atoms with E-state index >= 15 is 0 Å². The largest absolute Gasteiger partial charge is 0.329 e. The van der Waals surface area contributed by atoms with Gasteiger partial charge in [-0.25, -0.2) is 12.8 Å². The summed E-state index contributed by atoms with van der Waals surface area (Å²) in [5, 5.41) is -0.704. The van der Waals surface area contributed by atoms with E-state index in [0.717, 1.165) is 12.8 Å². The average Bonchev–Trinajstić information content (AvgIpc) is 3.21. The van der Waals surface area contributed by atoms with E-state index in [9.17, 15) is 12.8 Å². The van der Waals surface area contributed by atoms with Crippen LogP contribution in [-0.2, 0) is 10.0 Å². The SMILES string of the molecule is CN(C(CN)C1CC1)S(=O)(=O)c1ccc(Cl)c(F)c1Cl.Cl. The lowest BCUT2D eigenvalue weighted by Crippen LogP contribution is -2.43. The molecule has 0 radical (unpaired) electrons. The summed E-state index contributed by atoms with van der Waals surface area (Å²) in [5.74, 6) is -0.672. The van der Waals surface area contributed by atoms with Crippen LogP contribution in [0.4, 0.5) is 4.39 Å². The summed E-state index contributed by atoms with van der Waals surface area (Å²) < 4.78 is 39.9. The van der Waals surface area contributed by atoms with Gasteiger partial charge in [-0.1, -0.05) is 23.2 Å². The molecule has 21 heavy (non-hydrogen) atoms. The third-order valence-corrected chi connectivity index (χ3v) is 6.23. The molecule has 1 saturated carbocycles. The maximum absolute atomic E-state index is 13.7. The predicted octanol–water partition coefficient (Wildman–Crippen LogP) is 2.91. The predicted molar refractivity (Wildman–Crippen MR) is 84.2 cm³/mol. The van der Waals surface area contributed by atoms with Gasteiger partial charge in [0.05, 0.1) is 10.0 Å². The van der Waals surface area contributed by atoms with Crippen LogP contribution in [0.3, 0.4) is 0 Å². The van der Waals surface area contributed by atoms with Gasteiger partial charge in [0, 0.05) is 19.6 Å². The molecule has 1 fully saturated rings. The van der Waals surface area contributed by atoms with Gasteiger partial charge in [-0.3, -0.25) is 0 Å². The van der Waals surface area contributed by atoms with Gasteiger partial charge in [0.2, 0.25) is 10.0 Å². The molecule has 2 rings (SSSR count). The first-order valence-corrected chi connectivity index (χ1v) is 8.32. The van der Waals surface area contributed by atoms with Crippen LogP contribution < -0.4 is 5.73 Å². The van der Waals surface area contributed by atoms with Crippen molar-refractivity contribution in [3.8, 4) is 0 Å². The van der Waals surface area contributed by atoms with Gasteiger partial charge >= 0.3 is 0 Å². The van der Waals surface area contributed by atoms with Crippen LogP contribution in [0.1, 0.15) is 12.8 Å². The summed E-state index contributed by atoms with van der Waals surface area (Å²) in [6, 6.07) is 2.09. The van der Waals surface area contributed by atoms with E-state index in [-0.39, 0.29) is 40.8 Å². The third-order valence-electron chi connectivity index (χ3n) is 3.53. The first-order valence-electron chi connectivity index (χ1n) is 6.12. The van der Waals surface area contributed by atoms with Crippen molar-refractivity contribution in [3.05, 3.63) is 28.0 Å². The Kier molecular flexibility index (Phi) is 6.29. The molecule has 0 aliphatic heterocycles. The first kappa shape index (κ1) is 18.9. The highest BCUT2D eigenvalue weighted by Crippen LogP contribution is 2.38. The summed E-state index contributed by atoms with van der Waals surface area (Å²) in [7, 11) is -2.46. The molecular formula is C12H16Cl3FN2O2S. The molecule has 120 valence electrons. The Morgan fingerprint density at radius 3 is 2.48 bits per heavy atom. The molecular weight excluding hydrogens is 362 g/mol. The van der Waals surface area contributed by atoms with Crippen molar-refractivity contribution in [2.24, 2.45) is 11.7 Å². The Balaban J connectivity index is 0.00000220. The number of halogens is 4. The molecule has 0 spiro atoms. The molecule has 1 atom stereocenters. The minimum atomic E-state index is -3.90. The number of benzene rings is 1. The lowest BCUT2D eigenvalue weighted by atomic mass is 10.2. The normalized spacial score (nSPS) is 16.7. The zero-order chi connectivity index (χ0) is 15.1. The van der Waals surface area contributed by atoms with Gasteiger partial charge in [0.25, 0.3) is 0 Å². The highest BCUT2D eigenvalue weighted by molar-refractivity contribution is 7.89. The van der Waals surface area contributed by atoms with Crippen molar-refractivity contribution in [2.45, 2.75) is 23.8 Å². The van der Waals surface area contributed by atoms with Crippen LogP contribution >= 0.6 is 35.6 Å². The molecule has 0 heterocycles. The molecule has 2 N–H and O–H groups in total. The maximum Gasteiger partial charge on any atom is 0.244 e. The first-order chi connectivity index (χ1) is 9.30. The van der Waals surface area contributed by atoms with E-state index in [2.05, 4.69) is 0 Å². The number of hydrogen-bond acceptors (Lipinski definition) is 3. The molecule has 0 saturated heterocycles. The summed E-state index contributed by atoms with van der Waals surface area (Å²) in [5.41, 5.74) is 5.65. The number of hydrogen-bond donors (Lipinski definition) is 1. The Labute approximate surface area is 139 Å². The van der Waals surface area contributed by atoms with E-state index in [1.54, 1.807) is 0 Å². The fraction of sp³-hybridized carbons (Fsp3) is 0.500. The lowest BCUT2D eigenvalue weighted by Gasteiger charge is -2.26. The van der Waals surface area contributed by atoms with Crippen LogP contribution in [0.15, 0.2) is 17.0 Å². The second kappa shape index (κ2) is 6.98. The number of sulfonamides is 1. The van der Waals surface area contributed by atoms with Crippen LogP contribution in [0.25, 0.3) is 0 Å². The number of nitrogens with two attached hydrogens (primary N) is 1. The Bertz CT molecular complexity index is 623. The van der Waals surface area contributed by atoms with Gasteiger partial charge in [-0.05, 0) is 30.9 Å². The number of rotatable bonds is 5. The summed E-state index contributed by atoms with van der Waals surface area (Å²) in [4.78, 5) is -0.289. The Hall–Kier alpha value is -0.110. The van der Waals surface area contributed by atoms with Crippen molar-refractivity contribution in [3.63, 3.8) is 0 Å². The second-order valence-corrected chi connectivity index (χ2v) is 7.59. The minimum Gasteiger partial charge on any atom is -0.329 e. The molecule has 1 unspecified atom stereocenters. The van der Waals surface area contributed by atoms with E-state index < -0.39 is 20.9 Å². The van der Waals surface area contributed by atoms with Gasteiger partial charge < -0.3 is 5.73 Å². The van der Waals surface area contributed by atoms with E-state index in [0.29, 0.717) is 0 Å². The zero-order valence-electron chi connectivity index (χ0n) is 11.2. The highest BCUT2D eigenvalue weighted by atomic mass is 35.5. The molecule has 0 bridgehead atoms. The van der Waals surface area contributed by atoms with Crippen LogP contribution in [0, 0.1) is 11.7 Å². The molecule has 1 aromatic carbocycles.